The van der Waals surface area contributed by atoms with E-state index in [-0.39, 0.29) is 4.90 Å². The van der Waals surface area contributed by atoms with Gasteiger partial charge < -0.3 is 10.4 Å². The molecule has 18 heavy (non-hydrogen) atoms. The van der Waals surface area contributed by atoms with Crippen LogP contribution in [-0.2, 0) is 10.0 Å². The van der Waals surface area contributed by atoms with E-state index in [2.05, 4.69) is 5.32 Å². The molecule has 1 rings (SSSR count). The standard InChI is InChI=1S/C12H20N2O3S/c1-4-11(15)9-13-10-5-7-12(8-6-10)18(16,17)14(2)3/h5-8,11,13,15H,4,9H2,1-3H3. The van der Waals surface area contributed by atoms with E-state index in [0.717, 1.165) is 5.69 Å². The third-order valence-corrected chi connectivity index (χ3v) is 4.48. The van der Waals surface area contributed by atoms with E-state index in [9.17, 15) is 13.5 Å². The Bertz CT molecular complexity index is 469. The van der Waals surface area contributed by atoms with E-state index in [1.54, 1.807) is 24.3 Å². The average Bonchev–Trinajstić information content (AvgIpc) is 2.36. The first kappa shape index (κ1) is 14.9. The lowest BCUT2D eigenvalue weighted by Crippen LogP contribution is -2.22. The van der Waals surface area contributed by atoms with Crippen molar-refractivity contribution >= 4 is 15.7 Å². The lowest BCUT2D eigenvalue weighted by atomic mass is 10.2. The number of nitrogens with one attached hydrogen (secondary N) is 1. The van der Waals surface area contributed by atoms with Crippen LogP contribution in [0.3, 0.4) is 0 Å². The van der Waals surface area contributed by atoms with Gasteiger partial charge in [0.15, 0.2) is 0 Å². The van der Waals surface area contributed by atoms with Gasteiger partial charge in [-0.2, -0.15) is 0 Å². The van der Waals surface area contributed by atoms with Crippen molar-refractivity contribution < 1.29 is 13.5 Å². The molecule has 0 amide bonds. The molecule has 2 N–H and O–H groups in total. The molecule has 1 atom stereocenters. The number of benzene rings is 1. The molecule has 1 aromatic rings. The molecule has 0 aliphatic heterocycles. The van der Waals surface area contributed by atoms with Crippen molar-refractivity contribution in [2.45, 2.75) is 24.3 Å². The number of nitrogens with zero attached hydrogens (tertiary/aromatic N) is 1. The minimum atomic E-state index is -3.37. The molecule has 0 aliphatic rings. The Morgan fingerprint density at radius 1 is 1.28 bits per heavy atom. The highest BCUT2D eigenvalue weighted by molar-refractivity contribution is 7.89. The van der Waals surface area contributed by atoms with Crippen LogP contribution in [0.5, 0.6) is 0 Å². The summed E-state index contributed by atoms with van der Waals surface area (Å²) in [5, 5.41) is 12.5. The van der Waals surface area contributed by atoms with Crippen LogP contribution in [0.2, 0.25) is 0 Å². The molecule has 0 radical (unpaired) electrons. The highest BCUT2D eigenvalue weighted by Gasteiger charge is 2.16. The van der Waals surface area contributed by atoms with E-state index in [4.69, 9.17) is 0 Å². The van der Waals surface area contributed by atoms with Crippen LogP contribution in [0.4, 0.5) is 5.69 Å². The maximum Gasteiger partial charge on any atom is 0.242 e. The number of aliphatic hydroxyl groups excluding tert-OH is 1. The van der Waals surface area contributed by atoms with E-state index >= 15 is 0 Å². The van der Waals surface area contributed by atoms with Crippen molar-refractivity contribution in [3.8, 4) is 0 Å². The number of hydrogen-bond donors (Lipinski definition) is 2. The number of hydrogen-bond acceptors (Lipinski definition) is 4. The largest absolute Gasteiger partial charge is 0.391 e. The Morgan fingerprint density at radius 2 is 1.83 bits per heavy atom. The molecule has 0 saturated heterocycles. The van der Waals surface area contributed by atoms with Crippen molar-refractivity contribution in [3.63, 3.8) is 0 Å². The van der Waals surface area contributed by atoms with Crippen LogP contribution in [0.1, 0.15) is 13.3 Å². The summed E-state index contributed by atoms with van der Waals surface area (Å²) in [5.41, 5.74) is 0.792. The highest BCUT2D eigenvalue weighted by Crippen LogP contribution is 2.16. The van der Waals surface area contributed by atoms with Gasteiger partial charge in [0, 0.05) is 26.3 Å². The first-order chi connectivity index (χ1) is 8.37. The Balaban J connectivity index is 2.75. The Labute approximate surface area is 108 Å². The molecule has 1 unspecified atom stereocenters. The van der Waals surface area contributed by atoms with Crippen LogP contribution in [-0.4, -0.2) is 44.6 Å². The van der Waals surface area contributed by atoms with Gasteiger partial charge in [-0.1, -0.05) is 6.92 Å². The van der Waals surface area contributed by atoms with Crippen molar-refractivity contribution in [3.05, 3.63) is 24.3 Å². The minimum absolute atomic E-state index is 0.258. The number of rotatable bonds is 6. The number of anilines is 1. The molecule has 0 aliphatic carbocycles. The molecule has 0 bridgehead atoms. The number of aliphatic hydroxyl groups is 1. The molecule has 5 nitrogen and oxygen atoms in total. The van der Waals surface area contributed by atoms with Crippen molar-refractivity contribution in [1.29, 1.82) is 0 Å². The van der Waals surface area contributed by atoms with Gasteiger partial charge in [0.2, 0.25) is 10.0 Å². The van der Waals surface area contributed by atoms with E-state index in [1.165, 1.54) is 18.4 Å². The molecule has 1 aromatic carbocycles. The predicted octanol–water partition coefficient (Wildman–Crippen LogP) is 1.12. The quantitative estimate of drug-likeness (QED) is 0.814. The average molecular weight is 272 g/mol. The van der Waals surface area contributed by atoms with Gasteiger partial charge in [0.05, 0.1) is 11.0 Å². The summed E-state index contributed by atoms with van der Waals surface area (Å²) < 4.78 is 24.8. The summed E-state index contributed by atoms with van der Waals surface area (Å²) in [4.78, 5) is 0.258. The van der Waals surface area contributed by atoms with Crippen LogP contribution >= 0.6 is 0 Å². The van der Waals surface area contributed by atoms with E-state index in [0.29, 0.717) is 13.0 Å². The van der Waals surface area contributed by atoms with E-state index < -0.39 is 16.1 Å². The monoisotopic (exact) mass is 272 g/mol. The topological polar surface area (TPSA) is 69.6 Å². The maximum absolute atomic E-state index is 11.8. The molecular weight excluding hydrogens is 252 g/mol. The zero-order valence-corrected chi connectivity index (χ0v) is 11.7. The fourth-order valence-electron chi connectivity index (χ4n) is 1.34. The molecule has 0 spiro atoms. The van der Waals surface area contributed by atoms with Gasteiger partial charge in [-0.25, -0.2) is 12.7 Å². The van der Waals surface area contributed by atoms with Crippen molar-refractivity contribution in [2.24, 2.45) is 0 Å². The van der Waals surface area contributed by atoms with Crippen LogP contribution in [0.25, 0.3) is 0 Å². The Kier molecular flexibility index (Phi) is 5.13. The molecule has 102 valence electrons. The SMILES string of the molecule is CCC(O)CNc1ccc(S(=O)(=O)N(C)C)cc1. The normalized spacial score (nSPS) is 13.6. The van der Waals surface area contributed by atoms with Gasteiger partial charge >= 0.3 is 0 Å². The summed E-state index contributed by atoms with van der Waals surface area (Å²) in [7, 11) is -0.375. The van der Waals surface area contributed by atoms with Crippen LogP contribution in [0, 0.1) is 0 Å². The summed E-state index contributed by atoms with van der Waals surface area (Å²) >= 11 is 0. The fourth-order valence-corrected chi connectivity index (χ4v) is 2.24. The van der Waals surface area contributed by atoms with Gasteiger partial charge in [0.25, 0.3) is 0 Å². The molecule has 6 heteroatoms. The van der Waals surface area contributed by atoms with Crippen LogP contribution in [0.15, 0.2) is 29.2 Å². The van der Waals surface area contributed by atoms with Crippen LogP contribution < -0.4 is 5.32 Å². The Morgan fingerprint density at radius 3 is 2.28 bits per heavy atom. The van der Waals surface area contributed by atoms with Gasteiger partial charge in [-0.3, -0.25) is 0 Å². The van der Waals surface area contributed by atoms with Crippen molar-refractivity contribution in [2.75, 3.05) is 26.0 Å². The summed E-state index contributed by atoms with van der Waals surface area (Å²) in [5.74, 6) is 0. The third kappa shape index (κ3) is 3.69. The molecule has 0 heterocycles. The molecule has 0 aromatic heterocycles. The zero-order chi connectivity index (χ0) is 13.8. The molecule has 0 fully saturated rings. The smallest absolute Gasteiger partial charge is 0.242 e. The third-order valence-electron chi connectivity index (χ3n) is 2.65. The molecule has 0 saturated carbocycles. The zero-order valence-electron chi connectivity index (χ0n) is 10.9. The van der Waals surface area contributed by atoms with Gasteiger partial charge in [-0.05, 0) is 30.7 Å². The first-order valence-electron chi connectivity index (χ1n) is 5.82. The van der Waals surface area contributed by atoms with E-state index in [1.807, 2.05) is 6.92 Å². The highest BCUT2D eigenvalue weighted by atomic mass is 32.2. The second kappa shape index (κ2) is 6.17. The van der Waals surface area contributed by atoms with Crippen molar-refractivity contribution in [1.82, 2.24) is 4.31 Å². The maximum atomic E-state index is 11.8. The van der Waals surface area contributed by atoms with Gasteiger partial charge in [0.1, 0.15) is 0 Å². The second-order valence-electron chi connectivity index (χ2n) is 4.25. The lowest BCUT2D eigenvalue weighted by Gasteiger charge is -2.13. The Hall–Kier alpha value is -1.11. The lowest BCUT2D eigenvalue weighted by molar-refractivity contribution is 0.183. The summed E-state index contributed by atoms with van der Waals surface area (Å²) in [6.45, 7) is 2.36. The first-order valence-corrected chi connectivity index (χ1v) is 7.26. The minimum Gasteiger partial charge on any atom is -0.391 e. The summed E-state index contributed by atoms with van der Waals surface area (Å²) in [6, 6.07) is 6.49. The van der Waals surface area contributed by atoms with Gasteiger partial charge in [-0.15, -0.1) is 0 Å². The predicted molar refractivity (Wildman–Crippen MR) is 72.1 cm³/mol. The second-order valence-corrected chi connectivity index (χ2v) is 6.41. The summed E-state index contributed by atoms with van der Waals surface area (Å²) in [6.07, 6.45) is 0.287. The number of sulfonamides is 1. The molecular formula is C12H20N2O3S. The fraction of sp³-hybridized carbons (Fsp3) is 0.500.